The van der Waals surface area contributed by atoms with E-state index in [0.29, 0.717) is 17.5 Å². The third-order valence-corrected chi connectivity index (χ3v) is 4.02. The summed E-state index contributed by atoms with van der Waals surface area (Å²) in [5, 5.41) is 10.9. The second kappa shape index (κ2) is 7.11. The van der Waals surface area contributed by atoms with Crippen LogP contribution in [0.15, 0.2) is 63.9 Å². The van der Waals surface area contributed by atoms with E-state index in [1.165, 1.54) is 6.92 Å². The van der Waals surface area contributed by atoms with Gasteiger partial charge in [0.25, 0.3) is 0 Å². The lowest BCUT2D eigenvalue weighted by Crippen LogP contribution is -2.05. The summed E-state index contributed by atoms with van der Waals surface area (Å²) in [7, 11) is 0. The molecule has 116 valence electrons. The summed E-state index contributed by atoms with van der Waals surface area (Å²) in [6.45, 7) is 1.49. The summed E-state index contributed by atoms with van der Waals surface area (Å²) in [6, 6.07) is 17.3. The molecule has 6 heteroatoms. The third kappa shape index (κ3) is 4.20. The van der Waals surface area contributed by atoms with E-state index < -0.39 is 0 Å². The highest BCUT2D eigenvalue weighted by atomic mass is 32.2. The van der Waals surface area contributed by atoms with E-state index in [1.807, 2.05) is 54.6 Å². The maximum Gasteiger partial charge on any atom is 0.247 e. The van der Waals surface area contributed by atoms with Crippen LogP contribution in [-0.4, -0.2) is 16.1 Å². The Morgan fingerprint density at radius 2 is 1.83 bits per heavy atom. The van der Waals surface area contributed by atoms with Crippen LogP contribution in [0.5, 0.6) is 0 Å². The van der Waals surface area contributed by atoms with Gasteiger partial charge in [0.05, 0.1) is 5.75 Å². The first-order valence-corrected chi connectivity index (χ1v) is 8.07. The number of rotatable bonds is 5. The largest absolute Gasteiger partial charge is 0.420 e. The summed E-state index contributed by atoms with van der Waals surface area (Å²) in [4.78, 5) is 12.1. The van der Waals surface area contributed by atoms with Gasteiger partial charge in [0.2, 0.25) is 17.7 Å². The first-order valence-electron chi connectivity index (χ1n) is 7.09. The molecule has 3 rings (SSSR count). The van der Waals surface area contributed by atoms with Crippen molar-refractivity contribution in [1.82, 2.24) is 10.2 Å². The second-order valence-corrected chi connectivity index (χ2v) is 5.91. The molecule has 2 aromatic carbocycles. The van der Waals surface area contributed by atoms with Crippen molar-refractivity contribution in [2.24, 2.45) is 0 Å². The maximum absolute atomic E-state index is 11.0. The van der Waals surface area contributed by atoms with Crippen LogP contribution in [0.2, 0.25) is 0 Å². The van der Waals surface area contributed by atoms with Crippen molar-refractivity contribution in [3.05, 3.63) is 60.5 Å². The number of benzene rings is 2. The lowest BCUT2D eigenvalue weighted by Gasteiger charge is -2.03. The van der Waals surface area contributed by atoms with Crippen molar-refractivity contribution >= 4 is 23.4 Å². The number of hydrogen-bond donors (Lipinski definition) is 1. The molecule has 0 radical (unpaired) electrons. The van der Waals surface area contributed by atoms with Gasteiger partial charge < -0.3 is 9.73 Å². The molecule has 0 saturated heterocycles. The summed E-state index contributed by atoms with van der Waals surface area (Å²) >= 11 is 1.60. The molecule has 3 aromatic rings. The molecular weight excluding hydrogens is 310 g/mol. The number of carbonyl (C=O) groups excluding carboxylic acids is 1. The highest BCUT2D eigenvalue weighted by Crippen LogP contribution is 2.25. The molecule has 0 atom stereocenters. The van der Waals surface area contributed by atoms with Gasteiger partial charge in [-0.1, -0.05) is 18.2 Å². The first kappa shape index (κ1) is 15.3. The summed E-state index contributed by atoms with van der Waals surface area (Å²) < 4.78 is 5.67. The van der Waals surface area contributed by atoms with Gasteiger partial charge in [-0.3, -0.25) is 4.79 Å². The van der Waals surface area contributed by atoms with Crippen LogP contribution in [-0.2, 0) is 10.5 Å². The molecule has 1 N–H and O–H groups in total. The number of nitrogens with one attached hydrogen (secondary N) is 1. The number of thioether (sulfide) groups is 1. The molecule has 0 aliphatic carbocycles. The van der Waals surface area contributed by atoms with E-state index >= 15 is 0 Å². The van der Waals surface area contributed by atoms with Crippen LogP contribution in [0, 0.1) is 0 Å². The Labute approximate surface area is 138 Å². The van der Waals surface area contributed by atoms with Gasteiger partial charge >= 0.3 is 0 Å². The minimum Gasteiger partial charge on any atom is -0.420 e. The number of carbonyl (C=O) groups is 1. The normalized spacial score (nSPS) is 10.5. The number of hydrogen-bond acceptors (Lipinski definition) is 5. The topological polar surface area (TPSA) is 68.0 Å². The highest BCUT2D eigenvalue weighted by Gasteiger charge is 2.08. The second-order valence-electron chi connectivity index (χ2n) is 4.86. The van der Waals surface area contributed by atoms with Gasteiger partial charge in [0, 0.05) is 23.1 Å². The average Bonchev–Trinajstić information content (AvgIpc) is 3.04. The summed E-state index contributed by atoms with van der Waals surface area (Å²) in [6.07, 6.45) is 0. The molecule has 0 fully saturated rings. The molecule has 23 heavy (non-hydrogen) atoms. The average molecular weight is 325 g/mol. The zero-order valence-electron chi connectivity index (χ0n) is 12.5. The van der Waals surface area contributed by atoms with Crippen LogP contribution in [0.25, 0.3) is 11.5 Å². The van der Waals surface area contributed by atoms with Gasteiger partial charge in [-0.15, -0.1) is 22.0 Å². The smallest absolute Gasteiger partial charge is 0.247 e. The van der Waals surface area contributed by atoms with Crippen LogP contribution < -0.4 is 5.32 Å². The van der Waals surface area contributed by atoms with E-state index in [1.54, 1.807) is 11.8 Å². The SMILES string of the molecule is CC(=O)Nc1ccc(SCc2nnc(-c3ccccc3)o2)cc1. The fraction of sp³-hybridized carbons (Fsp3) is 0.118. The van der Waals surface area contributed by atoms with Crippen molar-refractivity contribution in [3.63, 3.8) is 0 Å². The fourth-order valence-corrected chi connectivity index (χ4v) is 2.73. The standard InChI is InChI=1S/C17H15N3O2S/c1-12(21)18-14-7-9-15(10-8-14)23-11-16-19-20-17(22-16)13-5-3-2-4-6-13/h2-10H,11H2,1H3,(H,18,21). The van der Waals surface area contributed by atoms with Gasteiger partial charge in [-0.2, -0.15) is 0 Å². The molecule has 0 aliphatic heterocycles. The Kier molecular flexibility index (Phi) is 4.73. The van der Waals surface area contributed by atoms with Crippen molar-refractivity contribution in [1.29, 1.82) is 0 Å². The molecule has 0 bridgehead atoms. The predicted molar refractivity (Wildman–Crippen MR) is 90.0 cm³/mol. The molecule has 0 spiro atoms. The lowest BCUT2D eigenvalue weighted by molar-refractivity contribution is -0.114. The van der Waals surface area contributed by atoms with E-state index in [0.717, 1.165) is 16.1 Å². The van der Waals surface area contributed by atoms with Gasteiger partial charge in [0.15, 0.2) is 0 Å². The predicted octanol–water partition coefficient (Wildman–Crippen LogP) is 3.99. The molecule has 0 unspecified atom stereocenters. The number of aromatic nitrogens is 2. The van der Waals surface area contributed by atoms with Crippen LogP contribution in [0.3, 0.4) is 0 Å². The van der Waals surface area contributed by atoms with Crippen molar-refractivity contribution < 1.29 is 9.21 Å². The van der Waals surface area contributed by atoms with E-state index in [-0.39, 0.29) is 5.91 Å². The van der Waals surface area contributed by atoms with E-state index in [9.17, 15) is 4.79 Å². The number of anilines is 1. The van der Waals surface area contributed by atoms with Crippen molar-refractivity contribution in [2.45, 2.75) is 17.6 Å². The van der Waals surface area contributed by atoms with E-state index in [2.05, 4.69) is 15.5 Å². The van der Waals surface area contributed by atoms with Gasteiger partial charge in [-0.25, -0.2) is 0 Å². The van der Waals surface area contributed by atoms with Crippen LogP contribution in [0.4, 0.5) is 5.69 Å². The van der Waals surface area contributed by atoms with Crippen molar-refractivity contribution in [3.8, 4) is 11.5 Å². The van der Waals surface area contributed by atoms with E-state index in [4.69, 9.17) is 4.42 Å². The Bertz CT molecular complexity index is 785. The minimum atomic E-state index is -0.0790. The summed E-state index contributed by atoms with van der Waals surface area (Å²) in [5.41, 5.74) is 1.70. The molecule has 0 aliphatic rings. The molecular formula is C17H15N3O2S. The van der Waals surface area contributed by atoms with Gasteiger partial charge in [0.1, 0.15) is 0 Å². The zero-order valence-corrected chi connectivity index (χ0v) is 13.3. The zero-order chi connectivity index (χ0) is 16.1. The lowest BCUT2D eigenvalue weighted by atomic mass is 10.2. The van der Waals surface area contributed by atoms with Crippen LogP contribution in [0.1, 0.15) is 12.8 Å². The fourth-order valence-electron chi connectivity index (χ4n) is 1.99. The maximum atomic E-state index is 11.0. The quantitative estimate of drug-likeness (QED) is 0.718. The van der Waals surface area contributed by atoms with Crippen molar-refractivity contribution in [2.75, 3.05) is 5.32 Å². The molecule has 5 nitrogen and oxygen atoms in total. The third-order valence-electron chi connectivity index (χ3n) is 3.02. The summed E-state index contributed by atoms with van der Waals surface area (Å²) in [5.74, 6) is 1.63. The number of nitrogens with zero attached hydrogens (tertiary/aromatic N) is 2. The first-order chi connectivity index (χ1) is 11.2. The molecule has 0 saturated carbocycles. The minimum absolute atomic E-state index is 0.0790. The number of amides is 1. The molecule has 1 aromatic heterocycles. The Hall–Kier alpha value is -2.60. The molecule has 1 amide bonds. The molecule has 1 heterocycles. The monoisotopic (exact) mass is 325 g/mol. The van der Waals surface area contributed by atoms with Crippen LogP contribution >= 0.6 is 11.8 Å². The Morgan fingerprint density at radius 1 is 1.09 bits per heavy atom. The Balaban J connectivity index is 1.60. The van der Waals surface area contributed by atoms with Gasteiger partial charge in [-0.05, 0) is 36.4 Å². The highest BCUT2D eigenvalue weighted by molar-refractivity contribution is 7.98. The Morgan fingerprint density at radius 3 is 2.52 bits per heavy atom.